The third-order valence-corrected chi connectivity index (χ3v) is 6.53. The Bertz CT molecular complexity index is 1260. The fourth-order valence-corrected chi connectivity index (χ4v) is 4.55. The van der Waals surface area contributed by atoms with E-state index < -0.39 is 5.97 Å². The van der Waals surface area contributed by atoms with E-state index in [-0.39, 0.29) is 36.1 Å². The lowest BCUT2D eigenvalue weighted by atomic mass is 10.0. The Morgan fingerprint density at radius 1 is 1.03 bits per heavy atom. The highest BCUT2D eigenvalue weighted by atomic mass is 32.2. The molecule has 9 nitrogen and oxygen atoms in total. The number of esters is 1. The maximum Gasteiger partial charge on any atom is 0.338 e. The Morgan fingerprint density at radius 2 is 1.76 bits per heavy atom. The van der Waals surface area contributed by atoms with Crippen molar-refractivity contribution in [2.75, 3.05) is 17.7 Å². The van der Waals surface area contributed by atoms with E-state index in [1.165, 1.54) is 11.8 Å². The Kier molecular flexibility index (Phi) is 9.85. The summed E-state index contributed by atoms with van der Waals surface area (Å²) < 4.78 is 6.93. The molecule has 37 heavy (non-hydrogen) atoms. The number of hydrogen-bond acceptors (Lipinski definition) is 7. The summed E-state index contributed by atoms with van der Waals surface area (Å²) in [6.07, 6.45) is 0. The lowest BCUT2D eigenvalue weighted by Gasteiger charge is -2.22. The lowest BCUT2D eigenvalue weighted by Crippen LogP contribution is -2.33. The van der Waals surface area contributed by atoms with Crippen LogP contribution in [0.3, 0.4) is 0 Å². The fraction of sp³-hybridized carbons (Fsp3) is 0.370. The normalized spacial score (nSPS) is 11.7. The van der Waals surface area contributed by atoms with Crippen LogP contribution in [0.5, 0.6) is 0 Å². The van der Waals surface area contributed by atoms with Gasteiger partial charge in [0, 0.05) is 17.8 Å². The van der Waals surface area contributed by atoms with E-state index in [1.807, 2.05) is 50.5 Å². The van der Waals surface area contributed by atoms with Crippen LogP contribution in [0.15, 0.2) is 53.7 Å². The van der Waals surface area contributed by atoms with Crippen LogP contribution in [-0.4, -0.2) is 44.9 Å². The molecule has 3 aromatic rings. The van der Waals surface area contributed by atoms with Crippen LogP contribution in [0, 0.1) is 12.8 Å². The molecule has 1 heterocycles. The van der Waals surface area contributed by atoms with Gasteiger partial charge in [0.15, 0.2) is 11.0 Å². The van der Waals surface area contributed by atoms with Gasteiger partial charge in [-0.2, -0.15) is 0 Å². The Balaban J connectivity index is 1.68. The molecule has 2 N–H and O–H groups in total. The van der Waals surface area contributed by atoms with Gasteiger partial charge in [0.05, 0.1) is 24.0 Å². The topological polar surface area (TPSA) is 115 Å². The van der Waals surface area contributed by atoms with Gasteiger partial charge in [-0.25, -0.2) is 4.79 Å². The molecule has 196 valence electrons. The van der Waals surface area contributed by atoms with Crippen molar-refractivity contribution in [1.29, 1.82) is 0 Å². The maximum absolute atomic E-state index is 12.9. The van der Waals surface area contributed by atoms with E-state index in [0.29, 0.717) is 34.3 Å². The van der Waals surface area contributed by atoms with E-state index in [1.54, 1.807) is 37.3 Å². The minimum absolute atomic E-state index is 0.0658. The number of nitrogens with zero attached hydrogens (tertiary/aromatic N) is 3. The Labute approximate surface area is 221 Å². The second kappa shape index (κ2) is 13.0. The summed E-state index contributed by atoms with van der Waals surface area (Å²) in [7, 11) is 0. The van der Waals surface area contributed by atoms with Crippen molar-refractivity contribution in [2.45, 2.75) is 52.4 Å². The average Bonchev–Trinajstić information content (AvgIpc) is 3.28. The third kappa shape index (κ3) is 7.42. The molecule has 0 bridgehead atoms. The first-order valence-electron chi connectivity index (χ1n) is 12.2. The minimum Gasteiger partial charge on any atom is -0.462 e. The first-order chi connectivity index (χ1) is 17.7. The number of hydrogen-bond donors (Lipinski definition) is 2. The Morgan fingerprint density at radius 3 is 2.43 bits per heavy atom. The van der Waals surface area contributed by atoms with Crippen LogP contribution in [0.4, 0.5) is 5.69 Å². The highest BCUT2D eigenvalue weighted by molar-refractivity contribution is 7.99. The Hall–Kier alpha value is -3.66. The van der Waals surface area contributed by atoms with Gasteiger partial charge in [-0.05, 0) is 57.0 Å². The highest BCUT2D eigenvalue weighted by Crippen LogP contribution is 2.26. The van der Waals surface area contributed by atoms with Crippen molar-refractivity contribution >= 4 is 35.2 Å². The van der Waals surface area contributed by atoms with E-state index in [2.05, 4.69) is 20.8 Å². The first kappa shape index (κ1) is 27.9. The standard InChI is InChI=1S/C27H33N5O4S/c1-6-32-24(23(17(3)4)29-25(34)19-11-8-10-18(5)14-19)30-31-27(32)37-16-22(33)28-21-13-9-12-20(15-21)26(35)36-7-2/h8-15,17,23H,6-7,16H2,1-5H3,(H,28,33)(H,29,34)/t23-/m0/s1. The number of nitrogens with one attached hydrogen (secondary N) is 2. The molecule has 0 radical (unpaired) electrons. The molecule has 2 aromatic carbocycles. The van der Waals surface area contributed by atoms with E-state index in [0.717, 1.165) is 5.56 Å². The third-order valence-electron chi connectivity index (χ3n) is 5.56. The van der Waals surface area contributed by atoms with Gasteiger partial charge in [0.1, 0.15) is 0 Å². The smallest absolute Gasteiger partial charge is 0.338 e. The number of aryl methyl sites for hydroxylation is 1. The molecule has 0 unspecified atom stereocenters. The number of carbonyl (C=O) groups is 3. The van der Waals surface area contributed by atoms with Gasteiger partial charge in [-0.3, -0.25) is 9.59 Å². The van der Waals surface area contributed by atoms with Gasteiger partial charge < -0.3 is 19.9 Å². The molecular formula is C27H33N5O4S. The number of anilines is 1. The number of carbonyl (C=O) groups excluding carboxylic acids is 3. The number of amides is 2. The number of aromatic nitrogens is 3. The SMILES string of the molecule is CCOC(=O)c1cccc(NC(=O)CSc2nnc([C@@H](NC(=O)c3cccc(C)c3)C(C)C)n2CC)c1. The molecule has 0 aliphatic rings. The van der Waals surface area contributed by atoms with Crippen molar-refractivity contribution in [3.8, 4) is 0 Å². The molecule has 10 heteroatoms. The van der Waals surface area contributed by atoms with Crippen molar-refractivity contribution in [1.82, 2.24) is 20.1 Å². The van der Waals surface area contributed by atoms with Crippen molar-refractivity contribution in [3.05, 3.63) is 71.0 Å². The highest BCUT2D eigenvalue weighted by Gasteiger charge is 2.26. The largest absolute Gasteiger partial charge is 0.462 e. The number of rotatable bonds is 11. The van der Waals surface area contributed by atoms with Crippen LogP contribution in [0.2, 0.25) is 0 Å². The second-order valence-electron chi connectivity index (χ2n) is 8.79. The van der Waals surface area contributed by atoms with Gasteiger partial charge in [-0.1, -0.05) is 49.4 Å². The minimum atomic E-state index is -0.439. The summed E-state index contributed by atoms with van der Waals surface area (Å²) in [6, 6.07) is 13.7. The molecule has 0 spiro atoms. The zero-order valence-electron chi connectivity index (χ0n) is 21.8. The quantitative estimate of drug-likeness (QED) is 0.278. The van der Waals surface area contributed by atoms with Crippen molar-refractivity contribution in [3.63, 3.8) is 0 Å². The van der Waals surface area contributed by atoms with E-state index >= 15 is 0 Å². The van der Waals surface area contributed by atoms with Gasteiger partial charge in [0.25, 0.3) is 5.91 Å². The van der Waals surface area contributed by atoms with Gasteiger partial charge in [0.2, 0.25) is 5.91 Å². The summed E-state index contributed by atoms with van der Waals surface area (Å²) in [5.74, 6) is -0.0486. The number of benzene rings is 2. The van der Waals surface area contributed by atoms with Crippen molar-refractivity contribution < 1.29 is 19.1 Å². The molecular weight excluding hydrogens is 490 g/mol. The summed E-state index contributed by atoms with van der Waals surface area (Å²) >= 11 is 1.26. The predicted molar refractivity (Wildman–Crippen MR) is 144 cm³/mol. The summed E-state index contributed by atoms with van der Waals surface area (Å²) in [4.78, 5) is 37.5. The molecule has 0 saturated carbocycles. The number of thioether (sulfide) groups is 1. The predicted octanol–water partition coefficient (Wildman–Crippen LogP) is 4.64. The summed E-state index contributed by atoms with van der Waals surface area (Å²) in [6.45, 7) is 10.5. The zero-order chi connectivity index (χ0) is 26.9. The van der Waals surface area contributed by atoms with Crippen molar-refractivity contribution in [2.24, 2.45) is 5.92 Å². The van der Waals surface area contributed by atoms with Crippen LogP contribution >= 0.6 is 11.8 Å². The molecule has 0 aliphatic heterocycles. The van der Waals surface area contributed by atoms with Crippen LogP contribution < -0.4 is 10.6 Å². The first-order valence-corrected chi connectivity index (χ1v) is 13.2. The van der Waals surface area contributed by atoms with Crippen LogP contribution in [-0.2, 0) is 16.1 Å². The summed E-state index contributed by atoms with van der Waals surface area (Å²) in [5.41, 5.74) is 2.48. The van der Waals surface area contributed by atoms with E-state index in [9.17, 15) is 14.4 Å². The molecule has 2 amide bonds. The molecule has 0 aliphatic carbocycles. The average molecular weight is 524 g/mol. The molecule has 1 aromatic heterocycles. The maximum atomic E-state index is 12.9. The fourth-order valence-electron chi connectivity index (χ4n) is 3.74. The molecule has 3 rings (SSSR count). The van der Waals surface area contributed by atoms with Gasteiger partial charge in [-0.15, -0.1) is 10.2 Å². The van der Waals surface area contributed by atoms with Crippen LogP contribution in [0.25, 0.3) is 0 Å². The second-order valence-corrected chi connectivity index (χ2v) is 9.73. The zero-order valence-corrected chi connectivity index (χ0v) is 22.6. The molecule has 0 saturated heterocycles. The summed E-state index contributed by atoms with van der Waals surface area (Å²) in [5, 5.41) is 15.2. The van der Waals surface area contributed by atoms with Gasteiger partial charge >= 0.3 is 5.97 Å². The van der Waals surface area contributed by atoms with Crippen LogP contribution in [0.1, 0.15) is 65.8 Å². The van der Waals surface area contributed by atoms with E-state index in [4.69, 9.17) is 4.74 Å². The number of ether oxygens (including phenoxy) is 1. The molecule has 1 atom stereocenters. The lowest BCUT2D eigenvalue weighted by molar-refractivity contribution is -0.113. The monoisotopic (exact) mass is 523 g/mol. The molecule has 0 fully saturated rings.